The lowest BCUT2D eigenvalue weighted by Gasteiger charge is -2.35. The maximum absolute atomic E-state index is 12.9. The molecule has 29 heavy (non-hydrogen) atoms. The second-order valence-corrected chi connectivity index (χ2v) is 8.07. The van der Waals surface area contributed by atoms with Gasteiger partial charge in [0, 0.05) is 49.3 Å². The fourth-order valence-corrected chi connectivity index (χ4v) is 4.66. The van der Waals surface area contributed by atoms with E-state index in [0.29, 0.717) is 30.9 Å². The molecule has 0 saturated carbocycles. The van der Waals surface area contributed by atoms with Gasteiger partial charge in [-0.25, -0.2) is 0 Å². The van der Waals surface area contributed by atoms with Crippen LogP contribution in [0.2, 0.25) is 0 Å². The maximum atomic E-state index is 12.9. The summed E-state index contributed by atoms with van der Waals surface area (Å²) in [5.74, 6) is -1.18. The van der Waals surface area contributed by atoms with Gasteiger partial charge in [-0.05, 0) is 43.7 Å². The summed E-state index contributed by atoms with van der Waals surface area (Å²) in [7, 11) is 0. The summed E-state index contributed by atoms with van der Waals surface area (Å²) in [6.45, 7) is 2.02. The molecule has 0 spiro atoms. The Morgan fingerprint density at radius 1 is 1.14 bits per heavy atom. The predicted octanol–water partition coefficient (Wildman–Crippen LogP) is 1.53. The number of carboxylic acids is 1. The highest BCUT2D eigenvalue weighted by molar-refractivity contribution is 6.06. The largest absolute Gasteiger partial charge is 0.481 e. The number of fused-ring (bicyclic) bond motifs is 1. The molecule has 154 valence electrons. The quantitative estimate of drug-likeness (QED) is 0.727. The van der Waals surface area contributed by atoms with Gasteiger partial charge < -0.3 is 14.9 Å². The van der Waals surface area contributed by atoms with E-state index >= 15 is 0 Å². The Morgan fingerprint density at radius 3 is 2.59 bits per heavy atom. The van der Waals surface area contributed by atoms with Crippen LogP contribution in [-0.2, 0) is 20.9 Å². The van der Waals surface area contributed by atoms with Crippen molar-refractivity contribution >= 4 is 29.4 Å². The molecule has 1 aromatic rings. The zero-order valence-electron chi connectivity index (χ0n) is 16.2. The number of anilines is 1. The van der Waals surface area contributed by atoms with Gasteiger partial charge in [-0.15, -0.1) is 0 Å². The molecule has 0 aromatic heterocycles. The first kappa shape index (κ1) is 19.4. The molecule has 8 heteroatoms. The minimum atomic E-state index is -0.750. The summed E-state index contributed by atoms with van der Waals surface area (Å²) >= 11 is 0. The minimum Gasteiger partial charge on any atom is -0.481 e. The fraction of sp³-hybridized carbons (Fsp3) is 0.524. The Kier molecular flexibility index (Phi) is 5.25. The summed E-state index contributed by atoms with van der Waals surface area (Å²) < 4.78 is 0. The molecule has 3 aliphatic heterocycles. The SMILES string of the molecule is O=C(O)CCC1CCN(c2cccc3c2CN(C2CCC(=O)NC2=O)C3=O)CC1. The van der Waals surface area contributed by atoms with Gasteiger partial charge in [0.2, 0.25) is 11.8 Å². The lowest BCUT2D eigenvalue weighted by molar-refractivity contribution is -0.138. The van der Waals surface area contributed by atoms with Crippen molar-refractivity contribution < 1.29 is 24.3 Å². The average molecular weight is 399 g/mol. The first-order valence-corrected chi connectivity index (χ1v) is 10.2. The average Bonchev–Trinajstić information content (AvgIpc) is 3.03. The normalized spacial score (nSPS) is 22.6. The minimum absolute atomic E-state index is 0.160. The van der Waals surface area contributed by atoms with Crippen molar-refractivity contribution in [3.05, 3.63) is 29.3 Å². The van der Waals surface area contributed by atoms with Gasteiger partial charge in [0.25, 0.3) is 5.91 Å². The highest BCUT2D eigenvalue weighted by Crippen LogP contribution is 2.36. The van der Waals surface area contributed by atoms with Gasteiger partial charge in [-0.1, -0.05) is 6.07 Å². The lowest BCUT2D eigenvalue weighted by atomic mass is 9.91. The van der Waals surface area contributed by atoms with E-state index in [2.05, 4.69) is 10.2 Å². The first-order chi connectivity index (χ1) is 13.9. The molecule has 2 saturated heterocycles. The van der Waals surface area contributed by atoms with Crippen molar-refractivity contribution in [3.8, 4) is 0 Å². The van der Waals surface area contributed by atoms with Crippen LogP contribution in [0.4, 0.5) is 5.69 Å². The zero-order chi connectivity index (χ0) is 20.5. The smallest absolute Gasteiger partial charge is 0.303 e. The zero-order valence-corrected chi connectivity index (χ0v) is 16.2. The molecule has 2 fully saturated rings. The number of aliphatic carboxylic acids is 1. The summed E-state index contributed by atoms with van der Waals surface area (Å²) in [6.07, 6.45) is 3.38. The molecule has 0 radical (unpaired) electrons. The number of hydrogen-bond donors (Lipinski definition) is 2. The Labute approximate surface area is 168 Å². The molecule has 1 aromatic carbocycles. The number of carbonyl (C=O) groups excluding carboxylic acids is 3. The van der Waals surface area contributed by atoms with Crippen molar-refractivity contribution in [3.63, 3.8) is 0 Å². The van der Waals surface area contributed by atoms with Crippen molar-refractivity contribution in [1.82, 2.24) is 10.2 Å². The second kappa shape index (κ2) is 7.85. The molecule has 8 nitrogen and oxygen atoms in total. The molecule has 3 aliphatic rings. The molecule has 2 N–H and O–H groups in total. The van der Waals surface area contributed by atoms with Crippen molar-refractivity contribution in [2.75, 3.05) is 18.0 Å². The third-order valence-corrected chi connectivity index (χ3v) is 6.28. The molecular formula is C21H25N3O5. The molecule has 4 rings (SSSR count). The molecule has 0 aliphatic carbocycles. The number of amides is 3. The van der Waals surface area contributed by atoms with Crippen LogP contribution in [0.5, 0.6) is 0 Å². The summed E-state index contributed by atoms with van der Waals surface area (Å²) in [4.78, 5) is 51.3. The molecular weight excluding hydrogens is 374 g/mol. The number of benzene rings is 1. The van der Waals surface area contributed by atoms with E-state index < -0.39 is 17.9 Å². The van der Waals surface area contributed by atoms with Gasteiger partial charge >= 0.3 is 5.97 Å². The lowest BCUT2D eigenvalue weighted by Crippen LogP contribution is -2.52. The number of rotatable bonds is 5. The number of piperidine rings is 2. The second-order valence-electron chi connectivity index (χ2n) is 8.07. The fourth-order valence-electron chi connectivity index (χ4n) is 4.66. The van der Waals surface area contributed by atoms with E-state index in [1.165, 1.54) is 0 Å². The first-order valence-electron chi connectivity index (χ1n) is 10.2. The van der Waals surface area contributed by atoms with Crippen LogP contribution >= 0.6 is 0 Å². The molecule has 1 unspecified atom stereocenters. The number of nitrogens with one attached hydrogen (secondary N) is 1. The Bertz CT molecular complexity index is 860. The molecule has 3 heterocycles. The Morgan fingerprint density at radius 2 is 1.90 bits per heavy atom. The van der Waals surface area contributed by atoms with Crippen LogP contribution in [0.3, 0.4) is 0 Å². The van der Waals surface area contributed by atoms with Crippen LogP contribution in [0.15, 0.2) is 18.2 Å². The number of carboxylic acid groups (broad SMARTS) is 1. The van der Waals surface area contributed by atoms with Crippen LogP contribution in [0.25, 0.3) is 0 Å². The molecule has 1 atom stereocenters. The van der Waals surface area contributed by atoms with E-state index in [-0.39, 0.29) is 24.7 Å². The van der Waals surface area contributed by atoms with Crippen LogP contribution in [0, 0.1) is 5.92 Å². The Balaban J connectivity index is 1.47. The van der Waals surface area contributed by atoms with Crippen molar-refractivity contribution in [1.29, 1.82) is 0 Å². The standard InChI is InChI=1S/C21H25N3O5/c25-18-6-5-17(20(28)22-18)24-12-15-14(21(24)29)2-1-3-16(15)23-10-8-13(9-11-23)4-7-19(26)27/h1-3,13,17H,4-12H2,(H,26,27)(H,22,25,28). The Hall–Kier alpha value is -2.90. The summed E-state index contributed by atoms with van der Waals surface area (Å²) in [6, 6.07) is 5.07. The van der Waals surface area contributed by atoms with Gasteiger partial charge in [0.1, 0.15) is 6.04 Å². The maximum Gasteiger partial charge on any atom is 0.303 e. The highest BCUT2D eigenvalue weighted by atomic mass is 16.4. The van der Waals surface area contributed by atoms with Gasteiger partial charge in [-0.3, -0.25) is 24.5 Å². The van der Waals surface area contributed by atoms with E-state index in [0.717, 1.165) is 37.2 Å². The van der Waals surface area contributed by atoms with Crippen molar-refractivity contribution in [2.45, 2.75) is 51.1 Å². The van der Waals surface area contributed by atoms with Crippen LogP contribution < -0.4 is 10.2 Å². The number of carbonyl (C=O) groups is 4. The van der Waals surface area contributed by atoms with Gasteiger partial charge in [0.15, 0.2) is 0 Å². The third-order valence-electron chi connectivity index (χ3n) is 6.28. The van der Waals surface area contributed by atoms with Gasteiger partial charge in [-0.2, -0.15) is 0 Å². The van der Waals surface area contributed by atoms with E-state index in [4.69, 9.17) is 5.11 Å². The molecule has 0 bridgehead atoms. The van der Waals surface area contributed by atoms with E-state index in [1.807, 2.05) is 12.1 Å². The van der Waals surface area contributed by atoms with Crippen LogP contribution in [-0.4, -0.2) is 52.8 Å². The van der Waals surface area contributed by atoms with E-state index in [9.17, 15) is 19.2 Å². The van der Waals surface area contributed by atoms with Crippen LogP contribution in [0.1, 0.15) is 54.4 Å². The van der Waals surface area contributed by atoms with E-state index in [1.54, 1.807) is 11.0 Å². The van der Waals surface area contributed by atoms with Crippen molar-refractivity contribution in [2.24, 2.45) is 5.92 Å². The number of hydrogen-bond acceptors (Lipinski definition) is 5. The number of nitrogens with zero attached hydrogens (tertiary/aromatic N) is 2. The number of imide groups is 1. The monoisotopic (exact) mass is 399 g/mol. The predicted molar refractivity (Wildman–Crippen MR) is 104 cm³/mol. The summed E-state index contributed by atoms with van der Waals surface area (Å²) in [5.41, 5.74) is 2.58. The molecule has 3 amide bonds. The van der Waals surface area contributed by atoms with Gasteiger partial charge in [0.05, 0.1) is 0 Å². The third kappa shape index (κ3) is 3.83. The summed E-state index contributed by atoms with van der Waals surface area (Å²) in [5, 5.41) is 11.2. The highest BCUT2D eigenvalue weighted by Gasteiger charge is 2.40. The topological polar surface area (TPSA) is 107 Å².